The molecule has 1 aliphatic rings. The van der Waals surface area contributed by atoms with Gasteiger partial charge < -0.3 is 19.7 Å². The Morgan fingerprint density at radius 3 is 2.34 bits per heavy atom. The van der Waals surface area contributed by atoms with Crippen LogP contribution in [0, 0.1) is 34.2 Å². The molecule has 1 aromatic heterocycles. The van der Waals surface area contributed by atoms with Gasteiger partial charge in [-0.2, -0.15) is 18.4 Å². The molecule has 1 fully saturated rings. The molecule has 50 heavy (non-hydrogen) atoms. The molecule has 2 amide bonds. The Morgan fingerprint density at radius 2 is 1.76 bits per heavy atom. The summed E-state index contributed by atoms with van der Waals surface area (Å²) in [6.45, 7) is 10.2. The summed E-state index contributed by atoms with van der Waals surface area (Å²) in [5, 5.41) is 11.4. The summed E-state index contributed by atoms with van der Waals surface area (Å²) in [5.41, 5.74) is -5.80. The molecule has 1 aliphatic heterocycles. The fourth-order valence-electron chi connectivity index (χ4n) is 4.95. The molecule has 16 heteroatoms. The van der Waals surface area contributed by atoms with Gasteiger partial charge >= 0.3 is 6.18 Å². The maximum absolute atomic E-state index is 15.5. The number of thiocarbonyl (C=S) groups is 1. The summed E-state index contributed by atoms with van der Waals surface area (Å²) in [4.78, 5) is 31.2. The van der Waals surface area contributed by atoms with E-state index in [0.29, 0.717) is 4.90 Å². The number of anilines is 2. The summed E-state index contributed by atoms with van der Waals surface area (Å²) in [7, 11) is 0. The normalized spacial score (nSPS) is 15.3. The number of amides is 2. The van der Waals surface area contributed by atoms with Crippen molar-refractivity contribution in [3.8, 4) is 23.1 Å². The number of halogens is 6. The Balaban J connectivity index is 1.48. The maximum atomic E-state index is 15.5. The zero-order valence-corrected chi connectivity index (χ0v) is 28.7. The second-order valence-electron chi connectivity index (χ2n) is 13.0. The van der Waals surface area contributed by atoms with Crippen LogP contribution in [0.3, 0.4) is 0 Å². The molecule has 0 saturated carbocycles. The van der Waals surface area contributed by atoms with Crippen molar-refractivity contribution in [2.24, 2.45) is 5.41 Å². The number of carbonyl (C=O) groups is 2. The van der Waals surface area contributed by atoms with E-state index in [-0.39, 0.29) is 59.9 Å². The summed E-state index contributed by atoms with van der Waals surface area (Å²) in [5.74, 6) is -5.06. The van der Waals surface area contributed by atoms with Gasteiger partial charge in [0.25, 0.3) is 5.91 Å². The topological polar surface area (TPSA) is 108 Å². The molecule has 0 bridgehead atoms. The van der Waals surface area contributed by atoms with Crippen LogP contribution in [-0.4, -0.2) is 53.3 Å². The van der Waals surface area contributed by atoms with Gasteiger partial charge in [0.15, 0.2) is 28.3 Å². The minimum Gasteiger partial charge on any atom is -0.488 e. The molecular weight excluding hydrogens is 688 g/mol. The second-order valence-corrected chi connectivity index (χ2v) is 13.3. The van der Waals surface area contributed by atoms with Gasteiger partial charge in [0.1, 0.15) is 30.0 Å². The fourth-order valence-corrected chi connectivity index (χ4v) is 5.47. The number of rotatable bonds is 10. The minimum absolute atomic E-state index is 0.00783. The van der Waals surface area contributed by atoms with E-state index in [4.69, 9.17) is 27.0 Å². The van der Waals surface area contributed by atoms with E-state index in [2.05, 4.69) is 10.3 Å². The van der Waals surface area contributed by atoms with E-state index in [0.717, 1.165) is 35.4 Å². The van der Waals surface area contributed by atoms with Gasteiger partial charge in [-0.3, -0.25) is 19.5 Å². The van der Waals surface area contributed by atoms with E-state index in [9.17, 15) is 27.2 Å². The molecule has 0 aliphatic carbocycles. The minimum atomic E-state index is -5.25. The highest BCUT2D eigenvalue weighted by Gasteiger charge is 2.52. The Morgan fingerprint density at radius 1 is 1.08 bits per heavy atom. The van der Waals surface area contributed by atoms with Crippen molar-refractivity contribution in [3.05, 3.63) is 71.2 Å². The molecule has 2 heterocycles. The number of hydrogen-bond acceptors (Lipinski definition) is 7. The summed E-state index contributed by atoms with van der Waals surface area (Å²) < 4.78 is 97.3. The first-order chi connectivity index (χ1) is 23.2. The van der Waals surface area contributed by atoms with Gasteiger partial charge in [-0.25, -0.2) is 13.2 Å². The van der Waals surface area contributed by atoms with Crippen molar-refractivity contribution in [2.45, 2.75) is 59.3 Å². The SMILES string of the molecule is CC(NC(=O)COCCOc1ccc(-c2ncc(N3C(=S)N(c4ccc(C#N)c(C(F)(F)F)c4F)C(=O)C3(C)C)cc2F)cc1F)C(C)(C)C. The van der Waals surface area contributed by atoms with E-state index in [1.165, 1.54) is 32.0 Å². The first kappa shape index (κ1) is 38.1. The molecule has 2 aromatic carbocycles. The number of nitriles is 1. The molecule has 266 valence electrons. The predicted octanol–water partition coefficient (Wildman–Crippen LogP) is 6.92. The van der Waals surface area contributed by atoms with Gasteiger partial charge in [-0.15, -0.1) is 0 Å². The average Bonchev–Trinajstić information content (AvgIpc) is 3.18. The maximum Gasteiger partial charge on any atom is 0.420 e. The quantitative estimate of drug-likeness (QED) is 0.137. The molecule has 1 N–H and O–H groups in total. The molecule has 0 radical (unpaired) electrons. The summed E-state index contributed by atoms with van der Waals surface area (Å²) in [6, 6.07) is 7.31. The van der Waals surface area contributed by atoms with Crippen LogP contribution in [0.1, 0.15) is 52.7 Å². The van der Waals surface area contributed by atoms with E-state index >= 15 is 8.78 Å². The Kier molecular flexibility index (Phi) is 10.8. The number of nitrogens with zero attached hydrogens (tertiary/aromatic N) is 4. The molecule has 1 unspecified atom stereocenters. The monoisotopic (exact) mass is 721 g/mol. The molecule has 1 atom stereocenters. The number of hydrogen-bond donors (Lipinski definition) is 1. The van der Waals surface area contributed by atoms with Crippen LogP contribution in [0.25, 0.3) is 11.3 Å². The highest BCUT2D eigenvalue weighted by Crippen LogP contribution is 2.42. The smallest absolute Gasteiger partial charge is 0.420 e. The average molecular weight is 722 g/mol. The molecule has 4 rings (SSSR count). The van der Waals surface area contributed by atoms with Gasteiger partial charge in [0.2, 0.25) is 5.91 Å². The summed E-state index contributed by atoms with van der Waals surface area (Å²) >= 11 is 5.38. The number of carbonyl (C=O) groups excluding carboxylic acids is 2. The van der Waals surface area contributed by atoms with E-state index < -0.39 is 57.0 Å². The zero-order chi connectivity index (χ0) is 37.3. The van der Waals surface area contributed by atoms with Crippen LogP contribution >= 0.6 is 12.2 Å². The van der Waals surface area contributed by atoms with Crippen LogP contribution in [0.2, 0.25) is 0 Å². The van der Waals surface area contributed by atoms with E-state index in [1.54, 1.807) is 0 Å². The van der Waals surface area contributed by atoms with E-state index in [1.807, 2.05) is 27.7 Å². The lowest BCUT2D eigenvalue weighted by molar-refractivity contribution is -0.140. The Hall–Kier alpha value is -4.75. The molecular formula is C34H33F6N5O4S. The standard InChI is InChI=1S/C34H33F6N5O4S/c1-18(32(2,3)4)43-26(46)17-48-11-12-49-25-10-8-19(13-22(25)35)29-23(36)14-21(16-42-29)45-31(50)44(30(47)33(45,5)6)24-9-7-20(15-41)27(28(24)37)34(38,39)40/h7-10,13-14,16,18H,11-12,17H2,1-6H3,(H,43,46). The number of ether oxygens (including phenoxy) is 2. The van der Waals surface area contributed by atoms with Gasteiger partial charge in [-0.1, -0.05) is 20.8 Å². The highest BCUT2D eigenvalue weighted by atomic mass is 32.1. The van der Waals surface area contributed by atoms with Gasteiger partial charge in [-0.05, 0) is 68.7 Å². The first-order valence-corrected chi connectivity index (χ1v) is 15.5. The van der Waals surface area contributed by atoms with Crippen molar-refractivity contribution in [1.29, 1.82) is 5.26 Å². The third-order valence-electron chi connectivity index (χ3n) is 8.12. The zero-order valence-electron chi connectivity index (χ0n) is 27.8. The Labute approximate surface area is 289 Å². The number of pyridine rings is 1. The van der Waals surface area contributed by atoms with Crippen LogP contribution in [0.15, 0.2) is 42.6 Å². The highest BCUT2D eigenvalue weighted by molar-refractivity contribution is 7.81. The summed E-state index contributed by atoms with van der Waals surface area (Å²) in [6.07, 6.45) is -4.13. The molecule has 3 aromatic rings. The van der Waals surface area contributed by atoms with Crippen LogP contribution in [0.4, 0.5) is 37.7 Å². The van der Waals surface area contributed by atoms with Crippen LogP contribution in [-0.2, 0) is 20.5 Å². The molecule has 9 nitrogen and oxygen atoms in total. The largest absolute Gasteiger partial charge is 0.488 e. The number of nitrogens with one attached hydrogen (secondary N) is 1. The van der Waals surface area contributed by atoms with Crippen molar-refractivity contribution in [1.82, 2.24) is 10.3 Å². The number of aromatic nitrogens is 1. The third kappa shape index (κ3) is 7.68. The second kappa shape index (κ2) is 14.2. The van der Waals surface area contributed by atoms with Crippen molar-refractivity contribution < 1.29 is 45.4 Å². The Bertz CT molecular complexity index is 1870. The van der Waals surface area contributed by atoms with Crippen molar-refractivity contribution >= 4 is 40.5 Å². The molecule has 1 saturated heterocycles. The lowest BCUT2D eigenvalue weighted by Crippen LogP contribution is -2.44. The van der Waals surface area contributed by atoms with Crippen molar-refractivity contribution in [3.63, 3.8) is 0 Å². The first-order valence-electron chi connectivity index (χ1n) is 15.1. The lowest BCUT2D eigenvalue weighted by atomic mass is 9.88. The number of benzene rings is 2. The van der Waals surface area contributed by atoms with Gasteiger partial charge in [0.05, 0.1) is 35.8 Å². The number of alkyl halides is 3. The predicted molar refractivity (Wildman–Crippen MR) is 176 cm³/mol. The molecule has 0 spiro atoms. The van der Waals surface area contributed by atoms with Crippen molar-refractivity contribution in [2.75, 3.05) is 29.6 Å². The van der Waals surface area contributed by atoms with Crippen LogP contribution < -0.4 is 19.9 Å². The van der Waals surface area contributed by atoms with Crippen LogP contribution in [0.5, 0.6) is 5.75 Å². The van der Waals surface area contributed by atoms with Gasteiger partial charge in [0, 0.05) is 17.7 Å². The lowest BCUT2D eigenvalue weighted by Gasteiger charge is -2.29. The fraction of sp³-hybridized carbons (Fsp3) is 0.382. The third-order valence-corrected chi connectivity index (χ3v) is 8.48.